The fourth-order valence-electron chi connectivity index (χ4n) is 3.20. The van der Waals surface area contributed by atoms with Crippen molar-refractivity contribution >= 4 is 5.69 Å². The van der Waals surface area contributed by atoms with Crippen molar-refractivity contribution in [3.8, 4) is 11.1 Å². The standard InChI is InChI=1S/C18H24N4O3/c1-14-6-8-20(9-7-14)12-18(23)13-21-11-16(10-19-21)15-2-4-17(5-3-15)22(24)25/h2-5,10-11,14,18,23H,6-9,12-13H2,1H3. The van der Waals surface area contributed by atoms with Crippen molar-refractivity contribution in [2.45, 2.75) is 32.4 Å². The number of nitrogens with zero attached hydrogens (tertiary/aromatic N) is 4. The number of aliphatic hydroxyl groups is 1. The second-order valence-electron chi connectivity index (χ2n) is 6.89. The zero-order valence-electron chi connectivity index (χ0n) is 14.4. The van der Waals surface area contributed by atoms with E-state index in [0.717, 1.165) is 30.1 Å². The molecular weight excluding hydrogens is 320 g/mol. The Kier molecular flexibility index (Phi) is 5.45. The summed E-state index contributed by atoms with van der Waals surface area (Å²) in [5.74, 6) is 0.781. The van der Waals surface area contributed by atoms with Crippen LogP contribution >= 0.6 is 0 Å². The summed E-state index contributed by atoms with van der Waals surface area (Å²) in [6, 6.07) is 6.40. The number of piperidine rings is 1. The molecule has 1 saturated heterocycles. The summed E-state index contributed by atoms with van der Waals surface area (Å²) in [4.78, 5) is 12.6. The van der Waals surface area contributed by atoms with Crippen LogP contribution in [-0.2, 0) is 6.54 Å². The Bertz CT molecular complexity index is 705. The van der Waals surface area contributed by atoms with Crippen LogP contribution in [0.25, 0.3) is 11.1 Å². The van der Waals surface area contributed by atoms with E-state index < -0.39 is 11.0 Å². The Morgan fingerprint density at radius 1 is 1.24 bits per heavy atom. The van der Waals surface area contributed by atoms with Gasteiger partial charge in [0.1, 0.15) is 0 Å². The molecule has 1 aromatic carbocycles. The second kappa shape index (κ2) is 7.76. The number of nitro benzene ring substituents is 1. The highest BCUT2D eigenvalue weighted by Gasteiger charge is 2.18. The Balaban J connectivity index is 1.56. The molecule has 0 saturated carbocycles. The van der Waals surface area contributed by atoms with Crippen LogP contribution in [0.1, 0.15) is 19.8 Å². The SMILES string of the molecule is CC1CCN(CC(O)Cn2cc(-c3ccc([N+](=O)[O-])cc3)cn2)CC1. The Morgan fingerprint density at radius 3 is 2.56 bits per heavy atom. The average Bonchev–Trinajstić information content (AvgIpc) is 3.05. The van der Waals surface area contributed by atoms with E-state index in [9.17, 15) is 15.2 Å². The van der Waals surface area contributed by atoms with Gasteiger partial charge < -0.3 is 10.0 Å². The Morgan fingerprint density at radius 2 is 1.92 bits per heavy atom. The van der Waals surface area contributed by atoms with Crippen LogP contribution in [0.2, 0.25) is 0 Å². The molecule has 0 amide bonds. The Labute approximate surface area is 147 Å². The van der Waals surface area contributed by atoms with E-state index in [1.807, 2.05) is 6.20 Å². The van der Waals surface area contributed by atoms with Gasteiger partial charge in [-0.2, -0.15) is 5.10 Å². The molecule has 1 fully saturated rings. The van der Waals surface area contributed by atoms with Crippen LogP contribution in [0, 0.1) is 16.0 Å². The van der Waals surface area contributed by atoms with Crippen LogP contribution < -0.4 is 0 Å². The van der Waals surface area contributed by atoms with Crippen LogP contribution in [0.3, 0.4) is 0 Å². The maximum atomic E-state index is 10.7. The zero-order valence-corrected chi connectivity index (χ0v) is 14.4. The van der Waals surface area contributed by atoms with E-state index >= 15 is 0 Å². The average molecular weight is 344 g/mol. The molecule has 0 bridgehead atoms. The first kappa shape index (κ1) is 17.6. The highest BCUT2D eigenvalue weighted by atomic mass is 16.6. The molecule has 1 aliphatic rings. The zero-order chi connectivity index (χ0) is 17.8. The second-order valence-corrected chi connectivity index (χ2v) is 6.89. The number of likely N-dealkylation sites (tertiary alicyclic amines) is 1. The number of hydrogen-bond acceptors (Lipinski definition) is 5. The van der Waals surface area contributed by atoms with E-state index in [2.05, 4.69) is 16.9 Å². The highest BCUT2D eigenvalue weighted by Crippen LogP contribution is 2.22. The summed E-state index contributed by atoms with van der Waals surface area (Å²) in [6.07, 6.45) is 5.51. The summed E-state index contributed by atoms with van der Waals surface area (Å²) < 4.78 is 1.73. The molecule has 25 heavy (non-hydrogen) atoms. The summed E-state index contributed by atoms with van der Waals surface area (Å²) >= 11 is 0. The van der Waals surface area contributed by atoms with E-state index in [-0.39, 0.29) is 5.69 Å². The lowest BCUT2D eigenvalue weighted by molar-refractivity contribution is -0.384. The van der Waals surface area contributed by atoms with Gasteiger partial charge in [0.05, 0.1) is 23.8 Å². The minimum Gasteiger partial charge on any atom is -0.390 e. The molecule has 1 unspecified atom stereocenters. The molecule has 2 heterocycles. The van der Waals surface area contributed by atoms with Crippen molar-refractivity contribution in [3.05, 3.63) is 46.8 Å². The van der Waals surface area contributed by atoms with E-state index in [4.69, 9.17) is 0 Å². The molecule has 0 radical (unpaired) electrons. The lowest BCUT2D eigenvalue weighted by Gasteiger charge is -2.31. The van der Waals surface area contributed by atoms with Gasteiger partial charge in [-0.05, 0) is 49.5 Å². The number of β-amino-alcohol motifs (C(OH)–C–C–N with tert-alkyl or cyclic N) is 1. The third-order valence-corrected chi connectivity index (χ3v) is 4.79. The van der Waals surface area contributed by atoms with Gasteiger partial charge in [0.15, 0.2) is 0 Å². The van der Waals surface area contributed by atoms with E-state index in [1.165, 1.54) is 25.0 Å². The quantitative estimate of drug-likeness (QED) is 0.643. The predicted octanol–water partition coefficient (Wildman–Crippen LogP) is 2.55. The highest BCUT2D eigenvalue weighted by molar-refractivity contribution is 5.63. The van der Waals surface area contributed by atoms with Crippen LogP contribution in [0.5, 0.6) is 0 Å². The first-order valence-electron chi connectivity index (χ1n) is 8.69. The van der Waals surface area contributed by atoms with Crippen LogP contribution in [0.4, 0.5) is 5.69 Å². The number of hydrogen-bond donors (Lipinski definition) is 1. The molecule has 0 spiro atoms. The normalized spacial score (nSPS) is 17.5. The van der Waals surface area contributed by atoms with Gasteiger partial charge in [0, 0.05) is 30.4 Å². The molecule has 1 N–H and O–H groups in total. The largest absolute Gasteiger partial charge is 0.390 e. The van der Waals surface area contributed by atoms with Gasteiger partial charge >= 0.3 is 0 Å². The van der Waals surface area contributed by atoms with Crippen molar-refractivity contribution in [2.75, 3.05) is 19.6 Å². The summed E-state index contributed by atoms with van der Waals surface area (Å²) in [7, 11) is 0. The molecular formula is C18H24N4O3. The van der Waals surface area contributed by atoms with Gasteiger partial charge in [-0.3, -0.25) is 14.8 Å². The number of benzene rings is 1. The molecule has 1 aliphatic heterocycles. The van der Waals surface area contributed by atoms with Crippen molar-refractivity contribution in [2.24, 2.45) is 5.92 Å². The Hall–Kier alpha value is -2.25. The van der Waals surface area contributed by atoms with Crippen molar-refractivity contribution in [1.82, 2.24) is 14.7 Å². The number of aromatic nitrogens is 2. The monoisotopic (exact) mass is 344 g/mol. The summed E-state index contributed by atoms with van der Waals surface area (Å²) in [5.41, 5.74) is 1.83. The summed E-state index contributed by atoms with van der Waals surface area (Å²) in [6.45, 7) is 5.48. The minimum atomic E-state index is -0.460. The molecule has 1 aromatic heterocycles. The first-order chi connectivity index (χ1) is 12.0. The lowest BCUT2D eigenvalue weighted by Crippen LogP contribution is -2.39. The third kappa shape index (κ3) is 4.64. The van der Waals surface area contributed by atoms with E-state index in [0.29, 0.717) is 13.1 Å². The van der Waals surface area contributed by atoms with Crippen molar-refractivity contribution in [1.29, 1.82) is 0 Å². The van der Waals surface area contributed by atoms with Gasteiger partial charge in [0.2, 0.25) is 0 Å². The maximum absolute atomic E-state index is 10.7. The molecule has 3 rings (SSSR count). The van der Waals surface area contributed by atoms with Gasteiger partial charge in [0.25, 0.3) is 5.69 Å². The van der Waals surface area contributed by atoms with E-state index in [1.54, 1.807) is 23.0 Å². The fourth-order valence-corrected chi connectivity index (χ4v) is 3.20. The molecule has 7 nitrogen and oxygen atoms in total. The molecule has 134 valence electrons. The maximum Gasteiger partial charge on any atom is 0.269 e. The molecule has 7 heteroatoms. The van der Waals surface area contributed by atoms with Gasteiger partial charge in [-0.25, -0.2) is 0 Å². The predicted molar refractivity (Wildman–Crippen MR) is 95.2 cm³/mol. The first-order valence-corrected chi connectivity index (χ1v) is 8.69. The fraction of sp³-hybridized carbons (Fsp3) is 0.500. The lowest BCUT2D eigenvalue weighted by atomic mass is 9.99. The molecule has 0 aliphatic carbocycles. The topological polar surface area (TPSA) is 84.4 Å². The summed E-state index contributed by atoms with van der Waals surface area (Å²) in [5, 5.41) is 25.3. The molecule has 2 aromatic rings. The van der Waals surface area contributed by atoms with Crippen molar-refractivity contribution in [3.63, 3.8) is 0 Å². The van der Waals surface area contributed by atoms with Crippen LogP contribution in [-0.4, -0.2) is 50.4 Å². The number of non-ortho nitro benzene ring substituents is 1. The van der Waals surface area contributed by atoms with Gasteiger partial charge in [-0.1, -0.05) is 6.92 Å². The third-order valence-electron chi connectivity index (χ3n) is 4.79. The van der Waals surface area contributed by atoms with Crippen molar-refractivity contribution < 1.29 is 10.0 Å². The number of nitro groups is 1. The van der Waals surface area contributed by atoms with Gasteiger partial charge in [-0.15, -0.1) is 0 Å². The molecule has 1 atom stereocenters. The van der Waals surface area contributed by atoms with Crippen LogP contribution in [0.15, 0.2) is 36.7 Å². The number of aliphatic hydroxyl groups excluding tert-OH is 1. The smallest absolute Gasteiger partial charge is 0.269 e. The minimum absolute atomic E-state index is 0.0717. The number of rotatable bonds is 6.